The second kappa shape index (κ2) is 8.19. The largest absolute Gasteiger partial charge is 0.467 e. The maximum absolute atomic E-state index is 12.0. The van der Waals surface area contributed by atoms with E-state index in [0.29, 0.717) is 16.7 Å². The molecule has 0 aliphatic heterocycles. The first-order valence-corrected chi connectivity index (χ1v) is 10.7. The number of aryl methyl sites for hydroxylation is 2. The molecule has 146 valence electrons. The van der Waals surface area contributed by atoms with Gasteiger partial charge in [-0.2, -0.15) is 0 Å². The lowest BCUT2D eigenvalue weighted by molar-refractivity contribution is -0.117. The van der Waals surface area contributed by atoms with E-state index in [4.69, 9.17) is 10.2 Å². The number of hydrogen-bond acceptors (Lipinski definition) is 8. The van der Waals surface area contributed by atoms with Crippen molar-refractivity contribution in [2.75, 3.05) is 11.5 Å². The van der Waals surface area contributed by atoms with Gasteiger partial charge in [0.15, 0.2) is 5.16 Å². The van der Waals surface area contributed by atoms with Gasteiger partial charge in [-0.1, -0.05) is 11.8 Å². The number of imide groups is 1. The number of nitrogen functional groups attached to an aromatic ring is 1. The molecule has 3 heterocycles. The van der Waals surface area contributed by atoms with E-state index < -0.39 is 11.9 Å². The van der Waals surface area contributed by atoms with E-state index in [0.717, 1.165) is 41.2 Å². The van der Waals surface area contributed by atoms with Crippen LogP contribution in [0.25, 0.3) is 10.2 Å². The van der Waals surface area contributed by atoms with Crippen molar-refractivity contribution in [2.45, 2.75) is 37.4 Å². The maximum atomic E-state index is 12.0. The third-order valence-corrected chi connectivity index (χ3v) is 6.44. The van der Waals surface area contributed by atoms with Gasteiger partial charge in [-0.3, -0.25) is 10.1 Å². The second-order valence-electron chi connectivity index (χ2n) is 6.38. The Labute approximate surface area is 169 Å². The number of amides is 3. The number of carbonyl (C=O) groups excluding carboxylic acids is 2. The molecule has 1 aliphatic carbocycles. The van der Waals surface area contributed by atoms with Gasteiger partial charge in [-0.05, 0) is 43.4 Å². The van der Waals surface area contributed by atoms with Gasteiger partial charge in [0.2, 0.25) is 5.91 Å². The van der Waals surface area contributed by atoms with Crippen LogP contribution in [0.15, 0.2) is 28.0 Å². The van der Waals surface area contributed by atoms with E-state index in [1.54, 1.807) is 23.5 Å². The summed E-state index contributed by atoms with van der Waals surface area (Å²) in [5.41, 5.74) is 7.45. The number of carbonyl (C=O) groups is 2. The van der Waals surface area contributed by atoms with E-state index in [9.17, 15) is 9.59 Å². The van der Waals surface area contributed by atoms with Crippen LogP contribution in [-0.2, 0) is 24.2 Å². The monoisotopic (exact) mass is 417 g/mol. The molecule has 10 heteroatoms. The van der Waals surface area contributed by atoms with Crippen molar-refractivity contribution in [3.05, 3.63) is 34.6 Å². The third kappa shape index (κ3) is 4.12. The van der Waals surface area contributed by atoms with E-state index in [1.807, 2.05) is 0 Å². The highest BCUT2D eigenvalue weighted by Gasteiger charge is 2.20. The number of hydrogen-bond donors (Lipinski definition) is 3. The Morgan fingerprint density at radius 2 is 2.14 bits per heavy atom. The van der Waals surface area contributed by atoms with Crippen LogP contribution < -0.4 is 16.4 Å². The SMILES string of the molecule is Nc1nc(SCC(=O)NC(=O)NCc2ccco2)nc2sc3c(c12)CCCC3. The average molecular weight is 418 g/mol. The summed E-state index contributed by atoms with van der Waals surface area (Å²) in [6, 6.07) is 2.88. The normalized spacial score (nSPS) is 13.3. The van der Waals surface area contributed by atoms with Crippen molar-refractivity contribution in [1.29, 1.82) is 0 Å². The fraction of sp³-hybridized carbons (Fsp3) is 0.333. The number of nitrogens with two attached hydrogens (primary N) is 1. The van der Waals surface area contributed by atoms with Gasteiger partial charge in [0.25, 0.3) is 0 Å². The van der Waals surface area contributed by atoms with Gasteiger partial charge in [0.1, 0.15) is 16.4 Å². The molecule has 0 fully saturated rings. The summed E-state index contributed by atoms with van der Waals surface area (Å²) in [5.74, 6) is 0.649. The summed E-state index contributed by atoms with van der Waals surface area (Å²) < 4.78 is 5.11. The molecule has 0 saturated heterocycles. The Hall–Kier alpha value is -2.59. The summed E-state index contributed by atoms with van der Waals surface area (Å²) >= 11 is 2.82. The van der Waals surface area contributed by atoms with Crippen LogP contribution in [0.5, 0.6) is 0 Å². The number of thiophene rings is 1. The summed E-state index contributed by atoms with van der Waals surface area (Å²) in [5, 5.41) is 6.22. The Kier molecular flexibility index (Phi) is 5.49. The number of anilines is 1. The number of aromatic nitrogens is 2. The van der Waals surface area contributed by atoms with Crippen LogP contribution in [0.1, 0.15) is 29.0 Å². The van der Waals surface area contributed by atoms with Crippen molar-refractivity contribution in [3.8, 4) is 0 Å². The van der Waals surface area contributed by atoms with Crippen LogP contribution in [0.2, 0.25) is 0 Å². The molecule has 3 amide bonds. The minimum absolute atomic E-state index is 0.0181. The highest BCUT2D eigenvalue weighted by Crippen LogP contribution is 2.38. The molecule has 0 aromatic carbocycles. The lowest BCUT2D eigenvalue weighted by atomic mass is 9.97. The maximum Gasteiger partial charge on any atom is 0.321 e. The Morgan fingerprint density at radius 3 is 2.96 bits per heavy atom. The predicted molar refractivity (Wildman–Crippen MR) is 108 cm³/mol. The number of nitrogens with one attached hydrogen (secondary N) is 2. The Bertz CT molecular complexity index is 1020. The quantitative estimate of drug-likeness (QED) is 0.431. The minimum Gasteiger partial charge on any atom is -0.467 e. The molecule has 3 aromatic heterocycles. The first kappa shape index (κ1) is 18.8. The van der Waals surface area contributed by atoms with Gasteiger partial charge in [0, 0.05) is 4.88 Å². The number of furan rings is 1. The topological polar surface area (TPSA) is 123 Å². The van der Waals surface area contributed by atoms with Crippen LogP contribution in [0.3, 0.4) is 0 Å². The minimum atomic E-state index is -0.580. The summed E-state index contributed by atoms with van der Waals surface area (Å²) in [6.07, 6.45) is 5.95. The molecule has 0 atom stereocenters. The van der Waals surface area contributed by atoms with Crippen molar-refractivity contribution in [1.82, 2.24) is 20.6 Å². The molecule has 0 bridgehead atoms. The van der Waals surface area contributed by atoms with Gasteiger partial charge < -0.3 is 15.5 Å². The zero-order chi connectivity index (χ0) is 19.5. The molecule has 1 aliphatic rings. The van der Waals surface area contributed by atoms with E-state index in [1.165, 1.54) is 23.1 Å². The first-order chi connectivity index (χ1) is 13.6. The van der Waals surface area contributed by atoms with Crippen LogP contribution in [0.4, 0.5) is 10.6 Å². The predicted octanol–water partition coefficient (Wildman–Crippen LogP) is 2.86. The van der Waals surface area contributed by atoms with Gasteiger partial charge >= 0.3 is 6.03 Å². The number of rotatable bonds is 5. The van der Waals surface area contributed by atoms with Gasteiger partial charge in [-0.15, -0.1) is 11.3 Å². The molecule has 0 radical (unpaired) electrons. The lowest BCUT2D eigenvalue weighted by Crippen LogP contribution is -2.39. The van der Waals surface area contributed by atoms with Crippen molar-refractivity contribution in [2.24, 2.45) is 0 Å². The number of nitrogens with zero attached hydrogens (tertiary/aromatic N) is 2. The van der Waals surface area contributed by atoms with E-state index >= 15 is 0 Å². The number of fused-ring (bicyclic) bond motifs is 3. The van der Waals surface area contributed by atoms with Crippen molar-refractivity contribution in [3.63, 3.8) is 0 Å². The van der Waals surface area contributed by atoms with E-state index in [2.05, 4.69) is 20.6 Å². The molecule has 28 heavy (non-hydrogen) atoms. The molecule has 8 nitrogen and oxygen atoms in total. The number of urea groups is 1. The first-order valence-electron chi connectivity index (χ1n) is 8.91. The van der Waals surface area contributed by atoms with Crippen LogP contribution in [-0.4, -0.2) is 27.7 Å². The fourth-order valence-corrected chi connectivity index (χ4v) is 5.13. The smallest absolute Gasteiger partial charge is 0.321 e. The molecule has 0 spiro atoms. The van der Waals surface area contributed by atoms with Gasteiger partial charge in [-0.25, -0.2) is 14.8 Å². The number of thioether (sulfide) groups is 1. The highest BCUT2D eigenvalue weighted by molar-refractivity contribution is 7.99. The zero-order valence-corrected chi connectivity index (χ0v) is 16.6. The molecular weight excluding hydrogens is 398 g/mol. The van der Waals surface area contributed by atoms with Crippen LogP contribution in [0, 0.1) is 0 Å². The molecule has 0 unspecified atom stereocenters. The fourth-order valence-electron chi connectivity index (χ4n) is 3.15. The third-order valence-electron chi connectivity index (χ3n) is 4.41. The molecule has 0 saturated carbocycles. The summed E-state index contributed by atoms with van der Waals surface area (Å²) in [4.78, 5) is 34.9. The van der Waals surface area contributed by atoms with Crippen molar-refractivity contribution >= 4 is 51.1 Å². The van der Waals surface area contributed by atoms with E-state index in [-0.39, 0.29) is 12.3 Å². The van der Waals surface area contributed by atoms with Crippen LogP contribution >= 0.6 is 23.1 Å². The molecule has 4 N–H and O–H groups in total. The standard InChI is InChI=1S/C18H19N5O3S2/c19-15-14-11-5-1-2-6-12(11)28-16(14)23-18(22-15)27-9-13(24)21-17(25)20-8-10-4-3-7-26-10/h3-4,7H,1-2,5-6,8-9H2,(H2,19,22,23)(H2,20,21,24,25). The molecule has 3 aromatic rings. The lowest BCUT2D eigenvalue weighted by Gasteiger charge is -2.10. The Morgan fingerprint density at radius 1 is 1.29 bits per heavy atom. The summed E-state index contributed by atoms with van der Waals surface area (Å²) in [6.45, 7) is 0.207. The zero-order valence-electron chi connectivity index (χ0n) is 15.0. The highest BCUT2D eigenvalue weighted by atomic mass is 32.2. The summed E-state index contributed by atoms with van der Waals surface area (Å²) in [7, 11) is 0. The second-order valence-corrected chi connectivity index (χ2v) is 8.41. The van der Waals surface area contributed by atoms with Crippen molar-refractivity contribution < 1.29 is 14.0 Å². The molecule has 4 rings (SSSR count). The molecular formula is C18H19N5O3S2. The average Bonchev–Trinajstić information content (AvgIpc) is 3.32. The van der Waals surface area contributed by atoms with Gasteiger partial charge in [0.05, 0.1) is 23.9 Å². The Balaban J connectivity index is 1.34.